The highest BCUT2D eigenvalue weighted by Crippen LogP contribution is 2.26. The van der Waals surface area contributed by atoms with Gasteiger partial charge in [-0.2, -0.15) is 4.98 Å². The molecule has 1 amide bonds. The van der Waals surface area contributed by atoms with Gasteiger partial charge in [0.15, 0.2) is 11.5 Å². The Morgan fingerprint density at radius 1 is 1.50 bits per heavy atom. The molecule has 0 saturated carbocycles. The number of likely N-dealkylation sites (tertiary alicyclic amines) is 1. The molecule has 0 N–H and O–H groups in total. The zero-order valence-corrected chi connectivity index (χ0v) is 10.1. The molecule has 0 radical (unpaired) electrons. The van der Waals surface area contributed by atoms with Gasteiger partial charge in [-0.3, -0.25) is 9.48 Å². The Morgan fingerprint density at radius 2 is 2.28 bits per heavy atom. The minimum atomic E-state index is -0.115. The Morgan fingerprint density at radius 3 is 2.83 bits per heavy atom. The minimum Gasteiger partial charge on any atom is -0.339 e. The summed E-state index contributed by atoms with van der Waals surface area (Å²) in [6.45, 7) is 2.93. The first-order valence-electron chi connectivity index (χ1n) is 5.59. The molecule has 1 aliphatic heterocycles. The fraction of sp³-hybridized carbons (Fsp3) is 0.500. The second-order valence-electron chi connectivity index (χ2n) is 4.36. The van der Waals surface area contributed by atoms with Gasteiger partial charge in [-0.25, -0.2) is 0 Å². The lowest BCUT2D eigenvalue weighted by atomic mass is 10.00. The Balaban J connectivity index is 1.64. The van der Waals surface area contributed by atoms with E-state index in [9.17, 15) is 4.79 Å². The average Bonchev–Trinajstić information content (AvgIpc) is 2.85. The van der Waals surface area contributed by atoms with Crippen LogP contribution in [0.25, 0.3) is 0 Å². The number of nitrogens with zero attached hydrogens (tertiary/aromatic N) is 6. The molecule has 8 nitrogen and oxygen atoms in total. The van der Waals surface area contributed by atoms with Gasteiger partial charge >= 0.3 is 0 Å². The topological polar surface area (TPSA) is 89.9 Å². The van der Waals surface area contributed by atoms with Gasteiger partial charge < -0.3 is 9.42 Å². The van der Waals surface area contributed by atoms with Crippen LogP contribution in [0.15, 0.2) is 10.7 Å². The second-order valence-corrected chi connectivity index (χ2v) is 4.36. The molecule has 18 heavy (non-hydrogen) atoms. The van der Waals surface area contributed by atoms with Gasteiger partial charge in [-0.1, -0.05) is 10.4 Å². The van der Waals surface area contributed by atoms with Crippen molar-refractivity contribution < 1.29 is 9.32 Å². The highest BCUT2D eigenvalue weighted by Gasteiger charge is 2.36. The summed E-state index contributed by atoms with van der Waals surface area (Å²) in [4.78, 5) is 17.8. The third kappa shape index (κ3) is 1.75. The van der Waals surface area contributed by atoms with Crippen LogP contribution in [0.1, 0.15) is 28.1 Å². The lowest BCUT2D eigenvalue weighted by molar-refractivity contribution is 0.0563. The van der Waals surface area contributed by atoms with Crippen LogP contribution >= 0.6 is 0 Å². The van der Waals surface area contributed by atoms with Gasteiger partial charge in [0.05, 0.1) is 12.1 Å². The van der Waals surface area contributed by atoms with E-state index >= 15 is 0 Å². The third-order valence-electron chi connectivity index (χ3n) is 2.88. The van der Waals surface area contributed by atoms with Crippen LogP contribution in [0, 0.1) is 6.92 Å². The van der Waals surface area contributed by atoms with E-state index in [1.807, 2.05) is 0 Å². The maximum Gasteiger partial charge on any atom is 0.276 e. The highest BCUT2D eigenvalue weighted by molar-refractivity contribution is 5.92. The quantitative estimate of drug-likeness (QED) is 0.727. The van der Waals surface area contributed by atoms with Crippen molar-refractivity contribution in [2.75, 3.05) is 13.1 Å². The SMILES string of the molecule is Cc1noc(C2CN(C(=O)c3cn(C)nn3)C2)n1. The molecule has 2 aromatic heterocycles. The van der Waals surface area contributed by atoms with E-state index in [4.69, 9.17) is 4.52 Å². The van der Waals surface area contributed by atoms with E-state index in [1.54, 1.807) is 25.1 Å². The number of rotatable bonds is 2. The molecule has 0 aliphatic carbocycles. The smallest absolute Gasteiger partial charge is 0.276 e. The van der Waals surface area contributed by atoms with Crippen LogP contribution in [-0.4, -0.2) is 49.0 Å². The normalized spacial score (nSPS) is 15.8. The summed E-state index contributed by atoms with van der Waals surface area (Å²) >= 11 is 0. The summed E-state index contributed by atoms with van der Waals surface area (Å²) in [5.74, 6) is 1.22. The molecule has 1 saturated heterocycles. The van der Waals surface area contributed by atoms with Crippen LogP contribution in [0.2, 0.25) is 0 Å². The largest absolute Gasteiger partial charge is 0.339 e. The summed E-state index contributed by atoms with van der Waals surface area (Å²) in [5, 5.41) is 11.3. The number of carbonyl (C=O) groups is 1. The summed E-state index contributed by atoms with van der Waals surface area (Å²) in [5.41, 5.74) is 0.359. The number of aromatic nitrogens is 5. The Labute approximate surface area is 103 Å². The van der Waals surface area contributed by atoms with Gasteiger partial charge in [-0.15, -0.1) is 5.10 Å². The lowest BCUT2D eigenvalue weighted by Gasteiger charge is -2.36. The monoisotopic (exact) mass is 248 g/mol. The standard InChI is InChI=1S/C10H12N6O2/c1-6-11-9(18-13-6)7-3-16(4-7)10(17)8-5-15(2)14-12-8/h5,7H,3-4H2,1-2H3. The molecule has 8 heteroatoms. The van der Waals surface area contributed by atoms with Crippen molar-refractivity contribution in [3.63, 3.8) is 0 Å². The second kappa shape index (κ2) is 3.90. The Hall–Kier alpha value is -2.25. The molecule has 1 aliphatic rings. The number of amides is 1. The van der Waals surface area contributed by atoms with E-state index in [1.165, 1.54) is 4.68 Å². The third-order valence-corrected chi connectivity index (χ3v) is 2.88. The van der Waals surface area contributed by atoms with Crippen molar-refractivity contribution in [1.29, 1.82) is 0 Å². The predicted molar refractivity (Wildman–Crippen MR) is 58.7 cm³/mol. The molecule has 0 aromatic carbocycles. The molecule has 0 bridgehead atoms. The maximum atomic E-state index is 12.0. The van der Waals surface area contributed by atoms with Crippen molar-refractivity contribution in [2.24, 2.45) is 7.05 Å². The summed E-state index contributed by atoms with van der Waals surface area (Å²) in [7, 11) is 1.73. The van der Waals surface area contributed by atoms with E-state index in [0.29, 0.717) is 30.5 Å². The van der Waals surface area contributed by atoms with Crippen LogP contribution < -0.4 is 0 Å². The number of hydrogen-bond acceptors (Lipinski definition) is 6. The first-order chi connectivity index (χ1) is 8.63. The van der Waals surface area contributed by atoms with Gasteiger partial charge in [0.25, 0.3) is 5.91 Å². The fourth-order valence-electron chi connectivity index (χ4n) is 1.89. The zero-order chi connectivity index (χ0) is 12.7. The molecule has 1 fully saturated rings. The van der Waals surface area contributed by atoms with Crippen molar-refractivity contribution in [3.8, 4) is 0 Å². The number of aryl methyl sites for hydroxylation is 2. The van der Waals surface area contributed by atoms with Crippen molar-refractivity contribution in [2.45, 2.75) is 12.8 Å². The summed E-state index contributed by atoms with van der Waals surface area (Å²) in [6.07, 6.45) is 1.60. The van der Waals surface area contributed by atoms with E-state index in [-0.39, 0.29) is 11.8 Å². The van der Waals surface area contributed by atoms with Crippen LogP contribution in [0.3, 0.4) is 0 Å². The summed E-state index contributed by atoms with van der Waals surface area (Å²) < 4.78 is 6.58. The molecular weight excluding hydrogens is 236 g/mol. The van der Waals surface area contributed by atoms with Crippen molar-refractivity contribution >= 4 is 5.91 Å². The minimum absolute atomic E-state index is 0.115. The number of hydrogen-bond donors (Lipinski definition) is 0. The Kier molecular flexibility index (Phi) is 2.35. The molecule has 94 valence electrons. The van der Waals surface area contributed by atoms with Gasteiger partial charge in [0.2, 0.25) is 5.89 Å². The maximum absolute atomic E-state index is 12.0. The summed E-state index contributed by atoms with van der Waals surface area (Å²) in [6, 6.07) is 0. The molecule has 2 aromatic rings. The first-order valence-corrected chi connectivity index (χ1v) is 5.59. The average molecular weight is 248 g/mol. The van der Waals surface area contributed by atoms with E-state index in [2.05, 4.69) is 20.5 Å². The van der Waals surface area contributed by atoms with E-state index < -0.39 is 0 Å². The van der Waals surface area contributed by atoms with Gasteiger partial charge in [0.1, 0.15) is 0 Å². The van der Waals surface area contributed by atoms with Crippen LogP contribution in [0.5, 0.6) is 0 Å². The zero-order valence-electron chi connectivity index (χ0n) is 10.1. The fourth-order valence-corrected chi connectivity index (χ4v) is 1.89. The van der Waals surface area contributed by atoms with Gasteiger partial charge in [0, 0.05) is 20.1 Å². The number of carbonyl (C=O) groups excluding carboxylic acids is 1. The van der Waals surface area contributed by atoms with Crippen LogP contribution in [0.4, 0.5) is 0 Å². The molecule has 3 rings (SSSR count). The van der Waals surface area contributed by atoms with Crippen molar-refractivity contribution in [1.82, 2.24) is 30.0 Å². The van der Waals surface area contributed by atoms with Crippen molar-refractivity contribution in [3.05, 3.63) is 23.6 Å². The molecule has 3 heterocycles. The molecule has 0 atom stereocenters. The first kappa shape index (κ1) is 10.9. The van der Waals surface area contributed by atoms with Crippen LogP contribution in [-0.2, 0) is 7.05 Å². The molecule has 0 unspecified atom stereocenters. The molecular formula is C10H12N6O2. The highest BCUT2D eigenvalue weighted by atomic mass is 16.5. The predicted octanol–water partition coefficient (Wildman–Crippen LogP) is -0.254. The Bertz CT molecular complexity index is 583. The van der Waals surface area contributed by atoms with Gasteiger partial charge in [-0.05, 0) is 6.92 Å². The molecule has 0 spiro atoms. The lowest BCUT2D eigenvalue weighted by Crippen LogP contribution is -2.48. The van der Waals surface area contributed by atoms with E-state index in [0.717, 1.165) is 0 Å².